The molecular weight excluding hydrogens is 280 g/mol. The summed E-state index contributed by atoms with van der Waals surface area (Å²) in [7, 11) is 1.76. The van der Waals surface area contributed by atoms with Crippen LogP contribution in [-0.4, -0.2) is 24.2 Å². The molecule has 0 heterocycles. The molecule has 0 aliphatic heterocycles. The number of nitrogens with one attached hydrogen (secondary N) is 2. The minimum absolute atomic E-state index is 0. The molecule has 0 fully saturated rings. The van der Waals surface area contributed by atoms with E-state index < -0.39 is 0 Å². The molecule has 0 saturated carbocycles. The molecule has 0 atom stereocenters. The number of rotatable bonds is 5. The Balaban J connectivity index is 0.00000324. The van der Waals surface area contributed by atoms with Crippen molar-refractivity contribution in [2.45, 2.75) is 31.3 Å². The van der Waals surface area contributed by atoms with Crippen LogP contribution in [0.1, 0.15) is 26.3 Å². The van der Waals surface area contributed by atoms with Gasteiger partial charge in [0.1, 0.15) is 0 Å². The van der Waals surface area contributed by atoms with E-state index in [0.29, 0.717) is 6.54 Å². The standard InChI is InChI=1S/C14H22N2OS.ClH/c1-14(2,3)18-10-11-6-5-7-12(8-11)16-13(17)9-15-4;/h5-8,15H,9-10H2,1-4H3,(H,16,17);1H. The predicted octanol–water partition coefficient (Wildman–Crippen LogP) is 3.30. The quantitative estimate of drug-likeness (QED) is 0.877. The van der Waals surface area contributed by atoms with Gasteiger partial charge in [0, 0.05) is 16.2 Å². The van der Waals surface area contributed by atoms with Crippen molar-refractivity contribution in [1.82, 2.24) is 5.32 Å². The highest BCUT2D eigenvalue weighted by molar-refractivity contribution is 7.99. The van der Waals surface area contributed by atoms with Gasteiger partial charge in [-0.25, -0.2) is 0 Å². The lowest BCUT2D eigenvalue weighted by atomic mass is 10.2. The Kier molecular flexibility index (Phi) is 8.14. The van der Waals surface area contributed by atoms with Gasteiger partial charge in [-0.05, 0) is 24.7 Å². The lowest BCUT2D eigenvalue weighted by Crippen LogP contribution is -2.25. The van der Waals surface area contributed by atoms with Crippen LogP contribution in [0.15, 0.2) is 24.3 Å². The van der Waals surface area contributed by atoms with E-state index in [0.717, 1.165) is 11.4 Å². The van der Waals surface area contributed by atoms with Crippen LogP contribution < -0.4 is 10.6 Å². The van der Waals surface area contributed by atoms with Gasteiger partial charge in [-0.3, -0.25) is 4.79 Å². The lowest BCUT2D eigenvalue weighted by Gasteiger charge is -2.17. The van der Waals surface area contributed by atoms with Crippen molar-refractivity contribution in [3.8, 4) is 0 Å². The molecule has 0 unspecified atom stereocenters. The van der Waals surface area contributed by atoms with Gasteiger partial charge in [-0.1, -0.05) is 32.9 Å². The van der Waals surface area contributed by atoms with Gasteiger partial charge in [0.2, 0.25) is 5.91 Å². The Morgan fingerprint density at radius 3 is 2.58 bits per heavy atom. The molecule has 2 N–H and O–H groups in total. The van der Waals surface area contributed by atoms with E-state index in [2.05, 4.69) is 37.5 Å². The molecule has 1 rings (SSSR count). The van der Waals surface area contributed by atoms with Gasteiger partial charge in [0.05, 0.1) is 6.54 Å². The number of carbonyl (C=O) groups is 1. The van der Waals surface area contributed by atoms with Crippen molar-refractivity contribution in [1.29, 1.82) is 0 Å². The molecular formula is C14H23ClN2OS. The highest BCUT2D eigenvalue weighted by Crippen LogP contribution is 2.27. The minimum atomic E-state index is -0.0156. The molecule has 0 aliphatic carbocycles. The first-order valence-corrected chi connectivity index (χ1v) is 7.06. The third-order valence-corrected chi connectivity index (χ3v) is 3.56. The average Bonchev–Trinajstić information content (AvgIpc) is 2.26. The van der Waals surface area contributed by atoms with Crippen LogP contribution in [0.25, 0.3) is 0 Å². The fourth-order valence-electron chi connectivity index (χ4n) is 1.40. The molecule has 3 nitrogen and oxygen atoms in total. The second-order valence-electron chi connectivity index (χ2n) is 5.18. The molecule has 0 spiro atoms. The summed E-state index contributed by atoms with van der Waals surface area (Å²) < 4.78 is 0.255. The molecule has 0 saturated heterocycles. The number of hydrogen-bond acceptors (Lipinski definition) is 3. The van der Waals surface area contributed by atoms with Crippen LogP contribution in [0.2, 0.25) is 0 Å². The summed E-state index contributed by atoms with van der Waals surface area (Å²) in [6.07, 6.45) is 0. The third-order valence-electron chi connectivity index (χ3n) is 2.22. The molecule has 1 aromatic carbocycles. The van der Waals surface area contributed by atoms with Crippen LogP contribution in [0.5, 0.6) is 0 Å². The van der Waals surface area contributed by atoms with Gasteiger partial charge in [-0.2, -0.15) is 11.8 Å². The molecule has 0 aromatic heterocycles. The van der Waals surface area contributed by atoms with E-state index in [1.165, 1.54) is 5.56 Å². The second kappa shape index (κ2) is 8.46. The van der Waals surface area contributed by atoms with Crippen molar-refractivity contribution < 1.29 is 4.79 Å². The van der Waals surface area contributed by atoms with Crippen LogP contribution in [0.4, 0.5) is 5.69 Å². The van der Waals surface area contributed by atoms with Gasteiger partial charge in [0.15, 0.2) is 0 Å². The van der Waals surface area contributed by atoms with E-state index in [-0.39, 0.29) is 23.1 Å². The molecule has 5 heteroatoms. The van der Waals surface area contributed by atoms with E-state index >= 15 is 0 Å². The van der Waals surface area contributed by atoms with Gasteiger partial charge in [-0.15, -0.1) is 12.4 Å². The van der Waals surface area contributed by atoms with Gasteiger partial charge >= 0.3 is 0 Å². The first-order chi connectivity index (χ1) is 8.40. The zero-order valence-electron chi connectivity index (χ0n) is 11.9. The van der Waals surface area contributed by atoms with Gasteiger partial charge in [0.25, 0.3) is 0 Å². The maximum Gasteiger partial charge on any atom is 0.238 e. The Bertz CT molecular complexity index is 405. The van der Waals surface area contributed by atoms with Crippen molar-refractivity contribution in [3.63, 3.8) is 0 Å². The van der Waals surface area contributed by atoms with E-state index in [9.17, 15) is 4.79 Å². The number of hydrogen-bond donors (Lipinski definition) is 2. The number of benzene rings is 1. The summed E-state index contributed by atoms with van der Waals surface area (Å²) in [4.78, 5) is 11.5. The summed E-state index contributed by atoms with van der Waals surface area (Å²) in [5, 5.41) is 5.70. The van der Waals surface area contributed by atoms with Crippen LogP contribution in [0, 0.1) is 0 Å². The topological polar surface area (TPSA) is 41.1 Å². The highest BCUT2D eigenvalue weighted by Gasteiger charge is 2.10. The average molecular weight is 303 g/mol. The predicted molar refractivity (Wildman–Crippen MR) is 87.3 cm³/mol. The van der Waals surface area contributed by atoms with Crippen molar-refractivity contribution in [3.05, 3.63) is 29.8 Å². The molecule has 19 heavy (non-hydrogen) atoms. The second-order valence-corrected chi connectivity index (χ2v) is 6.98. The fraction of sp³-hybridized carbons (Fsp3) is 0.500. The maximum absolute atomic E-state index is 11.5. The molecule has 0 bridgehead atoms. The highest BCUT2D eigenvalue weighted by atomic mass is 35.5. The smallest absolute Gasteiger partial charge is 0.238 e. The Labute approximate surface area is 126 Å². The van der Waals surface area contributed by atoms with E-state index in [4.69, 9.17) is 0 Å². The number of amides is 1. The van der Waals surface area contributed by atoms with Gasteiger partial charge < -0.3 is 10.6 Å². The van der Waals surface area contributed by atoms with Crippen LogP contribution in [0.3, 0.4) is 0 Å². The van der Waals surface area contributed by atoms with E-state index in [1.54, 1.807) is 7.05 Å². The third kappa shape index (κ3) is 8.14. The largest absolute Gasteiger partial charge is 0.325 e. The first-order valence-electron chi connectivity index (χ1n) is 6.08. The minimum Gasteiger partial charge on any atom is -0.325 e. The number of halogens is 1. The Morgan fingerprint density at radius 2 is 2.00 bits per heavy atom. The van der Waals surface area contributed by atoms with E-state index in [1.807, 2.05) is 30.0 Å². The van der Waals surface area contributed by atoms with Crippen molar-refractivity contribution >= 4 is 35.8 Å². The summed E-state index contributed by atoms with van der Waals surface area (Å²) in [6, 6.07) is 8.02. The fourth-order valence-corrected chi connectivity index (χ4v) is 2.18. The molecule has 0 aliphatic rings. The first kappa shape index (κ1) is 18.3. The summed E-state index contributed by atoms with van der Waals surface area (Å²) in [5.41, 5.74) is 2.10. The summed E-state index contributed by atoms with van der Waals surface area (Å²) >= 11 is 1.90. The monoisotopic (exact) mass is 302 g/mol. The number of carbonyl (C=O) groups excluding carboxylic acids is 1. The number of anilines is 1. The zero-order chi connectivity index (χ0) is 13.6. The number of likely N-dealkylation sites (N-methyl/N-ethyl adjacent to an activating group) is 1. The number of thioether (sulfide) groups is 1. The molecule has 1 aromatic rings. The normalized spacial score (nSPS) is 10.7. The molecule has 108 valence electrons. The Hall–Kier alpha value is -0.710. The van der Waals surface area contributed by atoms with Crippen LogP contribution >= 0.6 is 24.2 Å². The maximum atomic E-state index is 11.5. The van der Waals surface area contributed by atoms with Crippen LogP contribution in [-0.2, 0) is 10.5 Å². The summed E-state index contributed by atoms with van der Waals surface area (Å²) in [6.45, 7) is 6.95. The van der Waals surface area contributed by atoms with Crippen molar-refractivity contribution in [2.75, 3.05) is 18.9 Å². The zero-order valence-corrected chi connectivity index (χ0v) is 13.6. The summed E-state index contributed by atoms with van der Waals surface area (Å²) in [5.74, 6) is 0.942. The molecule has 1 amide bonds. The lowest BCUT2D eigenvalue weighted by molar-refractivity contribution is -0.115. The van der Waals surface area contributed by atoms with Crippen molar-refractivity contribution in [2.24, 2.45) is 0 Å². The SMILES string of the molecule is CNCC(=O)Nc1cccc(CSC(C)(C)C)c1.Cl. The Morgan fingerprint density at radius 1 is 1.32 bits per heavy atom. The molecule has 0 radical (unpaired) electrons.